The molecule has 0 N–H and O–H groups in total. The van der Waals surface area contributed by atoms with Crippen molar-refractivity contribution in [3.05, 3.63) is 186 Å². The molecule has 16 heteroatoms. The summed E-state index contributed by atoms with van der Waals surface area (Å²) in [4.78, 5) is 4.65. The maximum absolute atomic E-state index is 14.6. The van der Waals surface area contributed by atoms with Gasteiger partial charge >= 0.3 is 24.7 Å². The van der Waals surface area contributed by atoms with Crippen LogP contribution in [0, 0.1) is 11.3 Å². The molecule has 0 saturated carbocycles. The maximum Gasteiger partial charge on any atom is 0.417 e. The Morgan fingerprint density at radius 2 is 0.809 bits per heavy atom. The van der Waals surface area contributed by atoms with Crippen LogP contribution < -0.4 is 0 Å². The van der Waals surface area contributed by atoms with E-state index < -0.39 is 58.1 Å². The molecular weight excluding hydrogens is 909 g/mol. The Morgan fingerprint density at radius 1 is 0.397 bits per heavy atom. The first-order valence-electron chi connectivity index (χ1n) is 20.4. The van der Waals surface area contributed by atoms with E-state index in [2.05, 4.69) is 11.1 Å². The predicted molar refractivity (Wildman–Crippen MR) is 234 cm³/mol. The monoisotopic (exact) mass is 934 g/mol. The molecule has 0 atom stereocenters. The van der Waals surface area contributed by atoms with E-state index in [1.807, 2.05) is 0 Å². The Kier molecular flexibility index (Phi) is 9.99. The number of fused-ring (bicyclic) bond motifs is 6. The summed E-state index contributed by atoms with van der Waals surface area (Å²) in [5.41, 5.74) is -4.11. The van der Waals surface area contributed by atoms with Gasteiger partial charge in [-0.1, -0.05) is 91.0 Å². The molecule has 0 amide bonds. The second-order valence-electron chi connectivity index (χ2n) is 15.9. The van der Waals surface area contributed by atoms with Crippen LogP contribution in [-0.4, -0.2) is 14.1 Å². The summed E-state index contributed by atoms with van der Waals surface area (Å²) in [6.07, 6.45) is -17.5. The Labute approximate surface area is 376 Å². The van der Waals surface area contributed by atoms with Gasteiger partial charge in [0.25, 0.3) is 0 Å². The summed E-state index contributed by atoms with van der Waals surface area (Å²) in [6, 6.07) is 34.3. The summed E-state index contributed by atoms with van der Waals surface area (Å²) in [5.74, 6) is 0. The van der Waals surface area contributed by atoms with Crippen LogP contribution in [0.2, 0.25) is 0 Å². The highest BCUT2D eigenvalue weighted by Crippen LogP contribution is 2.47. The van der Waals surface area contributed by atoms with E-state index in [1.165, 1.54) is 36.7 Å². The molecule has 68 heavy (non-hydrogen) atoms. The summed E-state index contributed by atoms with van der Waals surface area (Å²) < 4.78 is 173. The number of nitriles is 1. The normalized spacial score (nSPS) is 12.7. The van der Waals surface area contributed by atoms with Crippen molar-refractivity contribution in [1.82, 2.24) is 14.1 Å². The standard InChI is InChI=1S/C52H26F12N4/c53-49(54,55)31-15-19-33(40(23-31)51(59,60)61)28-13-17-38-36-9-3-5-11-42(36)67(44(38)21-28)46-26-66-27-47(48(46)35-8-2-1-7-30(35)25-65)68-43-12-6-4-10-37(43)39-18-14-29(22-45(39)68)34-20-16-32(50(56,57)58)24-41(34)52(62,63)64/h1-24,26-27H. The minimum atomic E-state index is -5.19. The van der Waals surface area contributed by atoms with Gasteiger partial charge in [0.1, 0.15) is 0 Å². The van der Waals surface area contributed by atoms with E-state index >= 15 is 0 Å². The molecule has 0 aliphatic heterocycles. The number of halogens is 12. The molecule has 7 aromatic carbocycles. The van der Waals surface area contributed by atoms with E-state index in [1.54, 1.807) is 94.1 Å². The van der Waals surface area contributed by atoms with Crippen molar-refractivity contribution < 1.29 is 52.7 Å². The zero-order valence-corrected chi connectivity index (χ0v) is 34.3. The number of aromatic nitrogens is 3. The van der Waals surface area contributed by atoms with E-state index in [4.69, 9.17) is 0 Å². The van der Waals surface area contributed by atoms with E-state index in [9.17, 15) is 57.9 Å². The van der Waals surface area contributed by atoms with Gasteiger partial charge < -0.3 is 9.13 Å². The molecule has 338 valence electrons. The average molecular weight is 935 g/mol. The lowest BCUT2D eigenvalue weighted by molar-refractivity contribution is -0.144. The van der Waals surface area contributed by atoms with Crippen molar-refractivity contribution >= 4 is 43.6 Å². The molecular formula is C52H26F12N4. The van der Waals surface area contributed by atoms with Crippen molar-refractivity contribution in [2.75, 3.05) is 0 Å². The zero-order valence-electron chi connectivity index (χ0n) is 34.3. The molecule has 0 aliphatic rings. The second-order valence-corrected chi connectivity index (χ2v) is 15.9. The molecule has 4 nitrogen and oxygen atoms in total. The van der Waals surface area contributed by atoms with Gasteiger partial charge in [-0.05, 0) is 76.9 Å². The minimum Gasteiger partial charge on any atom is -0.307 e. The van der Waals surface area contributed by atoms with E-state index in [-0.39, 0.29) is 40.2 Å². The highest BCUT2D eigenvalue weighted by molar-refractivity contribution is 6.13. The smallest absolute Gasteiger partial charge is 0.307 e. The molecule has 3 aromatic heterocycles. The Hall–Kier alpha value is -8.06. The molecule has 0 saturated heterocycles. The number of hydrogen-bond donors (Lipinski definition) is 0. The van der Waals surface area contributed by atoms with Gasteiger partial charge in [-0.3, -0.25) is 4.98 Å². The van der Waals surface area contributed by atoms with Gasteiger partial charge in [0.05, 0.1) is 79.7 Å². The van der Waals surface area contributed by atoms with Gasteiger partial charge in [0, 0.05) is 32.7 Å². The first kappa shape index (κ1) is 43.8. The number of alkyl halides is 12. The fourth-order valence-corrected chi connectivity index (χ4v) is 9.06. The number of hydrogen-bond acceptors (Lipinski definition) is 2. The van der Waals surface area contributed by atoms with Gasteiger partial charge in [-0.2, -0.15) is 57.9 Å². The lowest BCUT2D eigenvalue weighted by Gasteiger charge is -2.21. The topological polar surface area (TPSA) is 46.5 Å². The third-order valence-corrected chi connectivity index (χ3v) is 12.0. The Balaban J connectivity index is 1.30. The first-order valence-corrected chi connectivity index (χ1v) is 20.4. The minimum absolute atomic E-state index is 0.0675. The molecule has 0 unspecified atom stereocenters. The molecule has 10 aromatic rings. The predicted octanol–water partition coefficient (Wildman–Crippen LogP) is 16.2. The van der Waals surface area contributed by atoms with E-state index in [0.29, 0.717) is 66.9 Å². The van der Waals surface area contributed by atoms with Crippen LogP contribution in [-0.2, 0) is 24.7 Å². The Bertz CT molecular complexity index is 3500. The van der Waals surface area contributed by atoms with Crippen molar-refractivity contribution in [2.24, 2.45) is 0 Å². The third kappa shape index (κ3) is 7.25. The highest BCUT2D eigenvalue weighted by Gasteiger charge is 2.40. The Morgan fingerprint density at radius 3 is 1.24 bits per heavy atom. The number of rotatable bonds is 5. The van der Waals surface area contributed by atoms with Crippen LogP contribution in [0.5, 0.6) is 0 Å². The summed E-state index contributed by atoms with van der Waals surface area (Å²) >= 11 is 0. The average Bonchev–Trinajstić information content (AvgIpc) is 3.81. The van der Waals surface area contributed by atoms with Crippen molar-refractivity contribution in [1.29, 1.82) is 5.26 Å². The number of nitrogens with zero attached hydrogens (tertiary/aromatic N) is 4. The van der Waals surface area contributed by atoms with Crippen molar-refractivity contribution in [3.63, 3.8) is 0 Å². The lowest BCUT2D eigenvalue weighted by atomic mass is 9.95. The largest absolute Gasteiger partial charge is 0.417 e. The molecule has 0 bridgehead atoms. The van der Waals surface area contributed by atoms with Gasteiger partial charge in [0.15, 0.2) is 0 Å². The second kappa shape index (κ2) is 15.5. The summed E-state index contributed by atoms with van der Waals surface area (Å²) in [5, 5.41) is 12.9. The molecule has 0 spiro atoms. The summed E-state index contributed by atoms with van der Waals surface area (Å²) in [6.45, 7) is 0. The van der Waals surface area contributed by atoms with Crippen molar-refractivity contribution in [3.8, 4) is 50.8 Å². The molecule has 10 rings (SSSR count). The van der Waals surface area contributed by atoms with Crippen LogP contribution >= 0.6 is 0 Å². The molecule has 3 heterocycles. The van der Waals surface area contributed by atoms with Crippen LogP contribution in [0.15, 0.2) is 158 Å². The van der Waals surface area contributed by atoms with Crippen LogP contribution in [0.1, 0.15) is 27.8 Å². The van der Waals surface area contributed by atoms with Gasteiger partial charge in [-0.25, -0.2) is 0 Å². The number of para-hydroxylation sites is 2. The molecule has 0 radical (unpaired) electrons. The molecule has 0 aliphatic carbocycles. The molecule has 0 fully saturated rings. The number of benzene rings is 7. The quantitative estimate of drug-likeness (QED) is 0.161. The van der Waals surface area contributed by atoms with Crippen molar-refractivity contribution in [2.45, 2.75) is 24.7 Å². The van der Waals surface area contributed by atoms with Crippen LogP contribution in [0.3, 0.4) is 0 Å². The van der Waals surface area contributed by atoms with Crippen LogP contribution in [0.25, 0.3) is 88.4 Å². The summed E-state index contributed by atoms with van der Waals surface area (Å²) in [7, 11) is 0. The SMILES string of the molecule is N#Cc1ccccc1-c1c(-n2c3ccccc3c3ccc(-c4ccc(C(F)(F)F)cc4C(F)(F)F)cc32)cncc1-n1c2ccccc2c2ccc(-c3ccc(C(F)(F)F)cc3C(F)(F)F)cc21. The fraction of sp³-hybridized carbons (Fsp3) is 0.0769. The van der Waals surface area contributed by atoms with Gasteiger partial charge in [-0.15, -0.1) is 0 Å². The van der Waals surface area contributed by atoms with Crippen LogP contribution in [0.4, 0.5) is 52.7 Å². The fourth-order valence-electron chi connectivity index (χ4n) is 9.06. The van der Waals surface area contributed by atoms with Gasteiger partial charge in [0.2, 0.25) is 0 Å². The first-order chi connectivity index (χ1) is 32.2. The zero-order chi connectivity index (χ0) is 48.1. The third-order valence-electron chi connectivity index (χ3n) is 12.0. The number of pyridine rings is 1. The highest BCUT2D eigenvalue weighted by atomic mass is 19.4. The lowest BCUT2D eigenvalue weighted by Crippen LogP contribution is -2.12. The maximum atomic E-state index is 14.6. The van der Waals surface area contributed by atoms with E-state index in [0.717, 1.165) is 12.1 Å².